The van der Waals surface area contributed by atoms with Crippen molar-refractivity contribution in [3.05, 3.63) is 71.8 Å². The van der Waals surface area contributed by atoms with E-state index in [4.69, 9.17) is 18.9 Å². The second kappa shape index (κ2) is 12.8. The van der Waals surface area contributed by atoms with Crippen molar-refractivity contribution in [2.24, 2.45) is 5.92 Å². The molecular formula is C30H41NO8. The summed E-state index contributed by atoms with van der Waals surface area (Å²) in [7, 11) is 0. The highest BCUT2D eigenvalue weighted by Gasteiger charge is 2.60. The summed E-state index contributed by atoms with van der Waals surface area (Å²) < 4.78 is 24.1. The van der Waals surface area contributed by atoms with Crippen LogP contribution >= 0.6 is 0 Å². The number of carbonyl (C=O) groups is 1. The Labute approximate surface area is 230 Å². The zero-order chi connectivity index (χ0) is 28.0. The zero-order valence-corrected chi connectivity index (χ0v) is 22.9. The van der Waals surface area contributed by atoms with E-state index in [0.717, 1.165) is 11.1 Å². The van der Waals surface area contributed by atoms with Gasteiger partial charge in [-0.2, -0.15) is 0 Å². The smallest absolute Gasteiger partial charge is 0.407 e. The van der Waals surface area contributed by atoms with Crippen LogP contribution in [0, 0.1) is 5.92 Å². The summed E-state index contributed by atoms with van der Waals surface area (Å²) in [6.07, 6.45) is -3.95. The van der Waals surface area contributed by atoms with Gasteiger partial charge in [-0.3, -0.25) is 0 Å². The van der Waals surface area contributed by atoms with Crippen LogP contribution in [0.15, 0.2) is 60.7 Å². The largest absolute Gasteiger partial charge is 0.444 e. The van der Waals surface area contributed by atoms with Gasteiger partial charge in [-0.1, -0.05) is 60.7 Å². The number of fused-ring (bicyclic) bond motifs is 1. The lowest BCUT2D eigenvalue weighted by molar-refractivity contribution is -0.288. The fourth-order valence-electron chi connectivity index (χ4n) is 5.35. The minimum Gasteiger partial charge on any atom is -0.444 e. The van der Waals surface area contributed by atoms with Gasteiger partial charge >= 0.3 is 6.09 Å². The molecule has 1 amide bonds. The molecule has 2 fully saturated rings. The lowest BCUT2D eigenvalue weighted by Crippen LogP contribution is -2.73. The molecule has 9 nitrogen and oxygen atoms in total. The van der Waals surface area contributed by atoms with E-state index >= 15 is 0 Å². The average molecular weight is 544 g/mol. The molecule has 0 bridgehead atoms. The summed E-state index contributed by atoms with van der Waals surface area (Å²) in [5, 5.41) is 35.8. The van der Waals surface area contributed by atoms with Gasteiger partial charge in [-0.15, -0.1) is 0 Å². The van der Waals surface area contributed by atoms with Gasteiger partial charge in [-0.25, -0.2) is 4.79 Å². The van der Waals surface area contributed by atoms with Crippen LogP contribution in [-0.2, 0) is 32.2 Å². The van der Waals surface area contributed by atoms with Crippen molar-refractivity contribution in [3.63, 3.8) is 0 Å². The molecular weight excluding hydrogens is 502 g/mol. The van der Waals surface area contributed by atoms with Crippen LogP contribution in [0.5, 0.6) is 0 Å². The number of carbonyl (C=O) groups excluding carboxylic acids is 1. The van der Waals surface area contributed by atoms with Crippen molar-refractivity contribution in [1.82, 2.24) is 5.32 Å². The van der Waals surface area contributed by atoms with E-state index in [9.17, 15) is 20.1 Å². The molecule has 0 radical (unpaired) electrons. The zero-order valence-electron chi connectivity index (χ0n) is 22.9. The molecule has 9 heteroatoms. The van der Waals surface area contributed by atoms with Gasteiger partial charge in [0.15, 0.2) is 0 Å². The number of aliphatic hydroxyl groups is 3. The third kappa shape index (κ3) is 7.57. The molecule has 1 aliphatic heterocycles. The second-order valence-electron chi connectivity index (χ2n) is 11.5. The monoisotopic (exact) mass is 543 g/mol. The van der Waals surface area contributed by atoms with E-state index in [1.54, 1.807) is 20.8 Å². The maximum atomic E-state index is 12.7. The fraction of sp³-hybridized carbons (Fsp3) is 0.567. The molecule has 4 rings (SSSR count). The van der Waals surface area contributed by atoms with Crippen molar-refractivity contribution in [1.29, 1.82) is 0 Å². The number of benzene rings is 2. The Morgan fingerprint density at radius 1 is 1.05 bits per heavy atom. The summed E-state index contributed by atoms with van der Waals surface area (Å²) >= 11 is 0. The minimum atomic E-state index is -1.72. The van der Waals surface area contributed by atoms with Crippen LogP contribution in [-0.4, -0.2) is 76.3 Å². The van der Waals surface area contributed by atoms with Gasteiger partial charge in [0.05, 0.1) is 38.1 Å². The van der Waals surface area contributed by atoms with Gasteiger partial charge in [0, 0.05) is 18.9 Å². The molecule has 2 aliphatic rings. The number of alkyl carbamates (subject to hydrolysis) is 1. The minimum absolute atomic E-state index is 0.0652. The normalized spacial score (nSPS) is 30.8. The first-order valence-corrected chi connectivity index (χ1v) is 13.5. The Kier molecular flexibility index (Phi) is 9.64. The van der Waals surface area contributed by atoms with Gasteiger partial charge in [-0.05, 0) is 38.3 Å². The molecule has 0 aromatic heterocycles. The Morgan fingerprint density at radius 2 is 1.67 bits per heavy atom. The van der Waals surface area contributed by atoms with E-state index in [1.807, 2.05) is 60.7 Å². The number of hydrogen-bond donors (Lipinski definition) is 4. The molecule has 1 saturated heterocycles. The first-order chi connectivity index (χ1) is 18.6. The molecule has 2 aromatic rings. The number of rotatable bonds is 9. The Balaban J connectivity index is 1.55. The maximum absolute atomic E-state index is 12.7. The van der Waals surface area contributed by atoms with E-state index in [1.165, 1.54) is 0 Å². The van der Waals surface area contributed by atoms with Gasteiger partial charge in [0.25, 0.3) is 0 Å². The number of nitrogens with one attached hydrogen (secondary N) is 1. The molecule has 214 valence electrons. The van der Waals surface area contributed by atoms with Crippen LogP contribution < -0.4 is 5.32 Å². The summed E-state index contributed by atoms with van der Waals surface area (Å²) in [4.78, 5) is 12.7. The summed E-state index contributed by atoms with van der Waals surface area (Å²) in [6, 6.07) is 18.6. The van der Waals surface area contributed by atoms with Crippen LogP contribution in [0.25, 0.3) is 0 Å². The predicted molar refractivity (Wildman–Crippen MR) is 144 cm³/mol. The number of aliphatic hydroxyl groups excluding tert-OH is 2. The molecule has 2 aromatic carbocycles. The standard InChI is InChI=1S/C30H41NO8/c1-29(2,3)39-28(34)31-26-22(16-32)14-25(33)30(35)15-23(37-18-21-12-8-5-9-13-21)24(38-27(26)30)19-36-17-20-10-6-4-7-11-20/h4-13,22-27,32-33,35H,14-19H2,1-3H3,(H,31,34)/t22-,23-,24+,25-,26-,27-,30-/m0/s1. The SMILES string of the molecule is CC(C)(C)OC(=O)N[C@H]1[C@H](CO)C[C@H](O)[C@@]2(O)C[C@H](OCc3ccccc3)[C@@H](COCc3ccccc3)O[C@@H]12. The summed E-state index contributed by atoms with van der Waals surface area (Å²) in [5.74, 6) is -0.550. The van der Waals surface area contributed by atoms with Gasteiger partial charge in [0.1, 0.15) is 23.4 Å². The molecule has 1 saturated carbocycles. The van der Waals surface area contributed by atoms with E-state index in [2.05, 4.69) is 5.32 Å². The molecule has 39 heavy (non-hydrogen) atoms. The lowest BCUT2D eigenvalue weighted by atomic mass is 9.67. The van der Waals surface area contributed by atoms with Crippen molar-refractivity contribution < 1.29 is 39.1 Å². The summed E-state index contributed by atoms with van der Waals surface area (Å²) in [6.45, 7) is 5.77. The van der Waals surface area contributed by atoms with E-state index in [-0.39, 0.29) is 26.1 Å². The highest BCUT2D eigenvalue weighted by Crippen LogP contribution is 2.43. The van der Waals surface area contributed by atoms with Crippen LogP contribution in [0.2, 0.25) is 0 Å². The molecule has 0 spiro atoms. The van der Waals surface area contributed by atoms with Crippen LogP contribution in [0.3, 0.4) is 0 Å². The third-order valence-corrected chi connectivity index (χ3v) is 7.31. The van der Waals surface area contributed by atoms with Crippen LogP contribution in [0.1, 0.15) is 44.7 Å². The molecule has 7 atom stereocenters. The number of hydrogen-bond acceptors (Lipinski definition) is 8. The fourth-order valence-corrected chi connectivity index (χ4v) is 5.35. The Hall–Kier alpha value is -2.53. The highest BCUT2D eigenvalue weighted by atomic mass is 16.6. The van der Waals surface area contributed by atoms with Crippen molar-refractivity contribution in [2.75, 3.05) is 13.2 Å². The topological polar surface area (TPSA) is 127 Å². The second-order valence-corrected chi connectivity index (χ2v) is 11.5. The quantitative estimate of drug-likeness (QED) is 0.380. The van der Waals surface area contributed by atoms with Crippen molar-refractivity contribution >= 4 is 6.09 Å². The molecule has 0 unspecified atom stereocenters. The first-order valence-electron chi connectivity index (χ1n) is 13.5. The van der Waals surface area contributed by atoms with E-state index < -0.39 is 53.7 Å². The maximum Gasteiger partial charge on any atom is 0.407 e. The van der Waals surface area contributed by atoms with Gasteiger partial charge in [0.2, 0.25) is 0 Å². The number of ether oxygens (including phenoxy) is 4. The third-order valence-electron chi connectivity index (χ3n) is 7.31. The first kappa shape index (κ1) is 29.5. The average Bonchev–Trinajstić information content (AvgIpc) is 2.90. The van der Waals surface area contributed by atoms with E-state index in [0.29, 0.717) is 13.2 Å². The molecule has 1 aliphatic carbocycles. The predicted octanol–water partition coefficient (Wildman–Crippen LogP) is 2.94. The number of amides is 1. The Bertz CT molecular complexity index is 1050. The molecule has 1 heterocycles. The van der Waals surface area contributed by atoms with Crippen molar-refractivity contribution in [2.45, 2.75) is 88.5 Å². The van der Waals surface area contributed by atoms with Crippen LogP contribution in [0.4, 0.5) is 4.79 Å². The molecule has 4 N–H and O–H groups in total. The van der Waals surface area contributed by atoms with Gasteiger partial charge < -0.3 is 39.6 Å². The van der Waals surface area contributed by atoms with Crippen molar-refractivity contribution in [3.8, 4) is 0 Å². The lowest BCUT2D eigenvalue weighted by Gasteiger charge is -2.55. The highest BCUT2D eigenvalue weighted by molar-refractivity contribution is 5.68. The summed E-state index contributed by atoms with van der Waals surface area (Å²) in [5.41, 5.74) is -0.488. The Morgan fingerprint density at radius 3 is 2.26 bits per heavy atom.